The van der Waals surface area contributed by atoms with Gasteiger partial charge in [-0.1, -0.05) is 0 Å². The lowest BCUT2D eigenvalue weighted by atomic mass is 9.96. The van der Waals surface area contributed by atoms with E-state index in [1.807, 2.05) is 4.90 Å². The monoisotopic (exact) mass is 376 g/mol. The van der Waals surface area contributed by atoms with Crippen LogP contribution in [0.1, 0.15) is 42.3 Å². The first-order valence-corrected chi connectivity index (χ1v) is 8.84. The Labute approximate surface area is 154 Å². The van der Waals surface area contributed by atoms with Crippen LogP contribution in [0.3, 0.4) is 0 Å². The number of halogens is 3. The molecule has 0 fully saturated rings. The molecule has 1 atom stereocenters. The fraction of sp³-hybridized carbons (Fsp3) is 0.474. The van der Waals surface area contributed by atoms with E-state index < -0.39 is 23.8 Å². The average molecular weight is 376 g/mol. The molecule has 0 saturated carbocycles. The predicted octanol–water partition coefficient (Wildman–Crippen LogP) is 3.09. The van der Waals surface area contributed by atoms with Gasteiger partial charge in [0.25, 0.3) is 5.92 Å². The quantitative estimate of drug-likeness (QED) is 0.831. The highest BCUT2D eigenvalue weighted by Gasteiger charge is 2.45. The molecule has 0 radical (unpaired) electrons. The van der Waals surface area contributed by atoms with Gasteiger partial charge in [-0.3, -0.25) is 4.68 Å². The molecule has 27 heavy (non-hydrogen) atoms. The van der Waals surface area contributed by atoms with Crippen molar-refractivity contribution < 1.29 is 18.3 Å². The summed E-state index contributed by atoms with van der Waals surface area (Å²) in [7, 11) is 0. The van der Waals surface area contributed by atoms with Crippen molar-refractivity contribution in [1.29, 1.82) is 5.26 Å². The second kappa shape index (κ2) is 5.99. The summed E-state index contributed by atoms with van der Waals surface area (Å²) in [6, 6.07) is 6.00. The van der Waals surface area contributed by atoms with Crippen molar-refractivity contribution >= 4 is 5.69 Å². The third-order valence-corrected chi connectivity index (χ3v) is 5.35. The van der Waals surface area contributed by atoms with Crippen LogP contribution in [-0.2, 0) is 25.4 Å². The zero-order chi connectivity index (χ0) is 19.4. The Morgan fingerprint density at radius 1 is 1.30 bits per heavy atom. The number of benzene rings is 1. The highest BCUT2D eigenvalue weighted by atomic mass is 19.3. The molecule has 1 aromatic heterocycles. The molecule has 1 unspecified atom stereocenters. The molecule has 4 rings (SSSR count). The van der Waals surface area contributed by atoms with Crippen molar-refractivity contribution in [2.24, 2.45) is 0 Å². The van der Waals surface area contributed by atoms with Crippen LogP contribution in [0.2, 0.25) is 0 Å². The molecule has 142 valence electrons. The van der Waals surface area contributed by atoms with Crippen LogP contribution in [-0.4, -0.2) is 27.0 Å². The normalized spacial score (nSPS) is 23.9. The minimum absolute atomic E-state index is 0.00859. The number of aromatic nitrogens is 2. The van der Waals surface area contributed by atoms with Crippen LogP contribution < -0.4 is 4.90 Å². The summed E-state index contributed by atoms with van der Waals surface area (Å²) in [4.78, 5) is 1.85. The molecule has 1 aromatic carbocycles. The van der Waals surface area contributed by atoms with Crippen molar-refractivity contribution in [2.45, 2.75) is 50.8 Å². The molecule has 3 heterocycles. The maximum Gasteiger partial charge on any atom is 0.289 e. The van der Waals surface area contributed by atoms with Gasteiger partial charge in [0.05, 0.1) is 23.4 Å². The number of anilines is 1. The minimum Gasteiger partial charge on any atom is -0.388 e. The second-order valence-electron chi connectivity index (χ2n) is 7.58. The lowest BCUT2D eigenvalue weighted by molar-refractivity contribution is -0.0357. The largest absolute Gasteiger partial charge is 0.388 e. The highest BCUT2D eigenvalue weighted by molar-refractivity contribution is 5.54. The van der Waals surface area contributed by atoms with Gasteiger partial charge in [0.2, 0.25) is 0 Å². The molecule has 2 aliphatic heterocycles. The first-order valence-electron chi connectivity index (χ1n) is 8.84. The number of hydrogen-bond donors (Lipinski definition) is 1. The van der Waals surface area contributed by atoms with Gasteiger partial charge in [-0.05, 0) is 31.5 Å². The van der Waals surface area contributed by atoms with Gasteiger partial charge in [-0.15, -0.1) is 0 Å². The number of rotatable bonds is 1. The summed E-state index contributed by atoms with van der Waals surface area (Å²) in [5.41, 5.74) is 0.244. The van der Waals surface area contributed by atoms with E-state index in [1.54, 1.807) is 19.1 Å². The van der Waals surface area contributed by atoms with Crippen LogP contribution in [0.5, 0.6) is 0 Å². The van der Waals surface area contributed by atoms with Crippen molar-refractivity contribution in [3.8, 4) is 6.07 Å². The standard InChI is InChI=1S/C19H19F3N4O/c1-18(27)5-6-19(21,22)17-14-10-25(7-4-16(14)24-26(17)11-18)13-2-3-15(20)12(8-13)9-23/h2-3,8,27H,4-7,10-11H2,1H3. The number of alkyl halides is 2. The minimum atomic E-state index is -3.08. The molecular weight excluding hydrogens is 357 g/mol. The van der Waals surface area contributed by atoms with E-state index in [2.05, 4.69) is 5.10 Å². The van der Waals surface area contributed by atoms with Gasteiger partial charge in [0, 0.05) is 37.2 Å². The lowest BCUT2D eigenvalue weighted by Gasteiger charge is -2.30. The summed E-state index contributed by atoms with van der Waals surface area (Å²) >= 11 is 0. The van der Waals surface area contributed by atoms with E-state index in [4.69, 9.17) is 5.26 Å². The van der Waals surface area contributed by atoms with Crippen molar-refractivity contribution in [3.05, 3.63) is 46.5 Å². The van der Waals surface area contributed by atoms with Crippen LogP contribution in [0.25, 0.3) is 0 Å². The van der Waals surface area contributed by atoms with Gasteiger partial charge in [-0.25, -0.2) is 4.39 Å². The molecule has 2 aromatic rings. The number of nitrogens with zero attached hydrogens (tertiary/aromatic N) is 4. The Kier molecular flexibility index (Phi) is 3.96. The molecule has 0 amide bonds. The zero-order valence-electron chi connectivity index (χ0n) is 14.8. The fourth-order valence-electron chi connectivity index (χ4n) is 3.91. The number of hydrogen-bond acceptors (Lipinski definition) is 4. The van der Waals surface area contributed by atoms with E-state index in [-0.39, 0.29) is 30.8 Å². The average Bonchev–Trinajstić information content (AvgIpc) is 2.93. The Hall–Kier alpha value is -2.53. The summed E-state index contributed by atoms with van der Waals surface area (Å²) in [6.07, 6.45) is 0.0193. The first kappa shape index (κ1) is 17.9. The SMILES string of the molecule is CC1(O)CCC(F)(F)c2c3c(nn2C1)CCN(c1ccc(F)c(C#N)c1)C3. The fourth-order valence-corrected chi connectivity index (χ4v) is 3.91. The molecule has 5 nitrogen and oxygen atoms in total. The van der Waals surface area contributed by atoms with E-state index in [0.29, 0.717) is 29.9 Å². The van der Waals surface area contributed by atoms with E-state index >= 15 is 0 Å². The maximum atomic E-state index is 14.8. The predicted molar refractivity (Wildman–Crippen MR) is 91.8 cm³/mol. The van der Waals surface area contributed by atoms with Crippen LogP contribution in [0.4, 0.5) is 18.9 Å². The van der Waals surface area contributed by atoms with Crippen molar-refractivity contribution in [3.63, 3.8) is 0 Å². The molecule has 8 heteroatoms. The van der Waals surface area contributed by atoms with E-state index in [0.717, 1.165) is 0 Å². The van der Waals surface area contributed by atoms with Crippen molar-refractivity contribution in [2.75, 3.05) is 11.4 Å². The van der Waals surface area contributed by atoms with E-state index in [9.17, 15) is 18.3 Å². The topological polar surface area (TPSA) is 65.1 Å². The summed E-state index contributed by atoms with van der Waals surface area (Å²) in [5, 5.41) is 23.7. The highest BCUT2D eigenvalue weighted by Crippen LogP contribution is 2.42. The first-order chi connectivity index (χ1) is 12.7. The maximum absolute atomic E-state index is 14.8. The summed E-state index contributed by atoms with van der Waals surface area (Å²) < 4.78 is 44.5. The smallest absolute Gasteiger partial charge is 0.289 e. The van der Waals surface area contributed by atoms with Gasteiger partial charge >= 0.3 is 0 Å². The molecule has 1 N–H and O–H groups in total. The lowest BCUT2D eigenvalue weighted by Crippen LogP contribution is -2.32. The van der Waals surface area contributed by atoms with Crippen molar-refractivity contribution in [1.82, 2.24) is 9.78 Å². The zero-order valence-corrected chi connectivity index (χ0v) is 14.8. The second-order valence-corrected chi connectivity index (χ2v) is 7.58. The molecule has 0 aliphatic carbocycles. The van der Waals surface area contributed by atoms with Gasteiger partial charge in [0.1, 0.15) is 17.6 Å². The Morgan fingerprint density at radius 2 is 2.07 bits per heavy atom. The van der Waals surface area contributed by atoms with Gasteiger partial charge < -0.3 is 10.0 Å². The van der Waals surface area contributed by atoms with Crippen LogP contribution in [0, 0.1) is 17.1 Å². The third kappa shape index (κ3) is 3.06. The Morgan fingerprint density at radius 3 is 2.81 bits per heavy atom. The molecule has 0 spiro atoms. The van der Waals surface area contributed by atoms with E-state index in [1.165, 1.54) is 16.8 Å². The molecule has 0 saturated heterocycles. The number of fused-ring (bicyclic) bond motifs is 3. The number of nitriles is 1. The van der Waals surface area contributed by atoms with Gasteiger partial charge in [-0.2, -0.15) is 19.1 Å². The van der Waals surface area contributed by atoms with Gasteiger partial charge in [0.15, 0.2) is 0 Å². The Bertz CT molecular complexity index is 945. The molecule has 2 aliphatic rings. The summed E-state index contributed by atoms with van der Waals surface area (Å²) in [6.45, 7) is 2.31. The third-order valence-electron chi connectivity index (χ3n) is 5.35. The molecular formula is C19H19F3N4O. The molecule has 0 bridgehead atoms. The number of aliphatic hydroxyl groups is 1. The summed E-state index contributed by atoms with van der Waals surface area (Å²) in [5.74, 6) is -3.68. The Balaban J connectivity index is 1.74. The van der Waals surface area contributed by atoms with Crippen LogP contribution in [0.15, 0.2) is 18.2 Å². The van der Waals surface area contributed by atoms with Crippen LogP contribution >= 0.6 is 0 Å².